The number of thiophene rings is 1. The minimum atomic E-state index is -0.439. The highest BCUT2D eigenvalue weighted by atomic mass is 32.2. The lowest BCUT2D eigenvalue weighted by molar-refractivity contribution is -0.113. The van der Waals surface area contributed by atoms with E-state index in [0.29, 0.717) is 28.7 Å². The van der Waals surface area contributed by atoms with Crippen LogP contribution in [0.15, 0.2) is 42.2 Å². The van der Waals surface area contributed by atoms with Crippen LogP contribution in [0.3, 0.4) is 0 Å². The van der Waals surface area contributed by atoms with Crippen molar-refractivity contribution in [1.29, 1.82) is 0 Å². The van der Waals surface area contributed by atoms with Crippen LogP contribution in [-0.2, 0) is 29.5 Å². The van der Waals surface area contributed by atoms with Gasteiger partial charge in [0, 0.05) is 36.8 Å². The third-order valence-corrected chi connectivity index (χ3v) is 6.36. The molecule has 1 N–H and O–H groups in total. The Balaban J connectivity index is 1.67. The van der Waals surface area contributed by atoms with Gasteiger partial charge in [0.05, 0.1) is 17.9 Å². The largest absolute Gasteiger partial charge is 0.462 e. The number of rotatable bonds is 10. The van der Waals surface area contributed by atoms with Gasteiger partial charge in [-0.05, 0) is 32.0 Å². The number of amides is 1. The summed E-state index contributed by atoms with van der Waals surface area (Å²) in [6.07, 6.45) is 4.40. The Hall–Kier alpha value is -2.85. The zero-order valence-corrected chi connectivity index (χ0v) is 19.4. The molecule has 0 aliphatic heterocycles. The van der Waals surface area contributed by atoms with Crippen LogP contribution in [0.2, 0.25) is 0 Å². The molecule has 0 bridgehead atoms. The number of nitrogens with zero attached hydrogens (tertiary/aromatic N) is 4. The lowest BCUT2D eigenvalue weighted by Gasteiger charge is -2.09. The molecular formula is C21H25N5O3S2. The number of hydrogen-bond acceptors (Lipinski definition) is 7. The Labute approximate surface area is 189 Å². The first-order chi connectivity index (χ1) is 14.9. The molecule has 3 rings (SSSR count). The number of ether oxygens (including phenoxy) is 1. The average molecular weight is 460 g/mol. The molecule has 0 saturated carbocycles. The first-order valence-corrected chi connectivity index (χ1v) is 11.6. The highest BCUT2D eigenvalue weighted by Crippen LogP contribution is 2.29. The predicted molar refractivity (Wildman–Crippen MR) is 123 cm³/mol. The summed E-state index contributed by atoms with van der Waals surface area (Å²) in [4.78, 5) is 25.6. The zero-order chi connectivity index (χ0) is 22.4. The molecule has 10 heteroatoms. The summed E-state index contributed by atoms with van der Waals surface area (Å²) in [6, 6.07) is 5.75. The molecule has 0 unspecified atom stereocenters. The number of aromatic nitrogens is 4. The lowest BCUT2D eigenvalue weighted by atomic mass is 10.3. The topological polar surface area (TPSA) is 91.0 Å². The number of aryl methyl sites for hydroxylation is 2. The molecule has 0 aliphatic rings. The Morgan fingerprint density at radius 2 is 2.19 bits per heavy atom. The van der Waals surface area contributed by atoms with Crippen LogP contribution in [0.1, 0.15) is 33.7 Å². The minimum absolute atomic E-state index is 0.138. The monoisotopic (exact) mass is 459 g/mol. The second-order valence-electron chi connectivity index (χ2n) is 6.74. The van der Waals surface area contributed by atoms with Crippen molar-refractivity contribution in [2.75, 3.05) is 17.7 Å². The second kappa shape index (κ2) is 10.5. The van der Waals surface area contributed by atoms with E-state index in [0.717, 1.165) is 16.4 Å². The molecule has 3 aromatic heterocycles. The quantitative estimate of drug-likeness (QED) is 0.283. The smallest absolute Gasteiger partial charge is 0.341 e. The van der Waals surface area contributed by atoms with Gasteiger partial charge in [0.25, 0.3) is 0 Å². The summed E-state index contributed by atoms with van der Waals surface area (Å²) in [7, 11) is 1.99. The summed E-state index contributed by atoms with van der Waals surface area (Å²) < 4.78 is 9.06. The van der Waals surface area contributed by atoms with Crippen molar-refractivity contribution in [3.8, 4) is 0 Å². The standard InChI is InChI=1S/C21H25N5O3S2/c1-5-9-26-17(12-15-8-7-10-25(15)4)23-24-21(26)30-13-18(27)22-19-16(11-14(3)31-19)20(28)29-6-2/h5,7-8,10-11H,1,6,9,12-13H2,2-4H3,(H,22,27). The van der Waals surface area contributed by atoms with E-state index in [1.807, 2.05) is 41.4 Å². The number of allylic oxidation sites excluding steroid dienone is 1. The van der Waals surface area contributed by atoms with Gasteiger partial charge in [-0.15, -0.1) is 28.1 Å². The summed E-state index contributed by atoms with van der Waals surface area (Å²) in [6.45, 7) is 8.27. The second-order valence-corrected chi connectivity index (χ2v) is 8.94. The normalized spacial score (nSPS) is 10.8. The van der Waals surface area contributed by atoms with E-state index in [1.54, 1.807) is 19.1 Å². The van der Waals surface area contributed by atoms with Crippen molar-refractivity contribution in [2.45, 2.75) is 32.0 Å². The highest BCUT2D eigenvalue weighted by Gasteiger charge is 2.19. The Bertz CT molecular complexity index is 1080. The maximum atomic E-state index is 12.5. The number of nitrogens with one attached hydrogen (secondary N) is 1. The molecule has 3 aromatic rings. The minimum Gasteiger partial charge on any atom is -0.462 e. The first-order valence-electron chi connectivity index (χ1n) is 9.76. The van der Waals surface area contributed by atoms with Gasteiger partial charge in [-0.1, -0.05) is 17.8 Å². The van der Waals surface area contributed by atoms with E-state index in [1.165, 1.54) is 23.1 Å². The van der Waals surface area contributed by atoms with Crippen LogP contribution in [0.25, 0.3) is 0 Å². The van der Waals surface area contributed by atoms with Crippen molar-refractivity contribution in [2.24, 2.45) is 7.05 Å². The molecule has 0 spiro atoms. The fourth-order valence-electron chi connectivity index (χ4n) is 2.97. The van der Waals surface area contributed by atoms with Gasteiger partial charge in [-0.25, -0.2) is 4.79 Å². The van der Waals surface area contributed by atoms with Gasteiger partial charge in [-0.3, -0.25) is 4.79 Å². The molecule has 0 atom stereocenters. The van der Waals surface area contributed by atoms with Gasteiger partial charge in [-0.2, -0.15) is 0 Å². The van der Waals surface area contributed by atoms with Crippen molar-refractivity contribution >= 4 is 40.0 Å². The number of carbonyl (C=O) groups is 2. The fourth-order valence-corrected chi connectivity index (χ4v) is 4.65. The number of anilines is 1. The van der Waals surface area contributed by atoms with Crippen LogP contribution in [0.5, 0.6) is 0 Å². The van der Waals surface area contributed by atoms with Crippen molar-refractivity contribution in [1.82, 2.24) is 19.3 Å². The molecule has 3 heterocycles. The molecule has 0 aromatic carbocycles. The maximum Gasteiger partial charge on any atom is 0.341 e. The van der Waals surface area contributed by atoms with Crippen LogP contribution in [-0.4, -0.2) is 43.6 Å². The van der Waals surface area contributed by atoms with E-state index in [2.05, 4.69) is 22.1 Å². The third kappa shape index (κ3) is 5.65. The van der Waals surface area contributed by atoms with Crippen molar-refractivity contribution in [3.05, 3.63) is 59.0 Å². The first kappa shape index (κ1) is 22.8. The fraction of sp³-hybridized carbons (Fsp3) is 0.333. The molecule has 0 radical (unpaired) electrons. The Kier molecular flexibility index (Phi) is 7.69. The van der Waals surface area contributed by atoms with E-state index >= 15 is 0 Å². The summed E-state index contributed by atoms with van der Waals surface area (Å²) in [5.41, 5.74) is 1.49. The van der Waals surface area contributed by atoms with Crippen LogP contribution >= 0.6 is 23.1 Å². The van der Waals surface area contributed by atoms with Crippen molar-refractivity contribution < 1.29 is 14.3 Å². The summed E-state index contributed by atoms with van der Waals surface area (Å²) in [5, 5.41) is 12.5. The molecular weight excluding hydrogens is 434 g/mol. The van der Waals surface area contributed by atoms with E-state index in [-0.39, 0.29) is 18.3 Å². The van der Waals surface area contributed by atoms with Gasteiger partial charge in [0.2, 0.25) is 5.91 Å². The van der Waals surface area contributed by atoms with E-state index in [4.69, 9.17) is 4.74 Å². The summed E-state index contributed by atoms with van der Waals surface area (Å²) >= 11 is 2.64. The Morgan fingerprint density at radius 1 is 1.39 bits per heavy atom. The van der Waals surface area contributed by atoms with Gasteiger partial charge < -0.3 is 19.2 Å². The number of thioether (sulfide) groups is 1. The Morgan fingerprint density at radius 3 is 2.87 bits per heavy atom. The van der Waals surface area contributed by atoms with Crippen LogP contribution in [0.4, 0.5) is 5.00 Å². The van der Waals surface area contributed by atoms with E-state index < -0.39 is 5.97 Å². The number of esters is 1. The number of hydrogen-bond donors (Lipinski definition) is 1. The zero-order valence-electron chi connectivity index (χ0n) is 17.8. The van der Waals surface area contributed by atoms with Crippen LogP contribution in [0, 0.1) is 6.92 Å². The molecule has 8 nitrogen and oxygen atoms in total. The highest BCUT2D eigenvalue weighted by molar-refractivity contribution is 7.99. The summed E-state index contributed by atoms with van der Waals surface area (Å²) in [5.74, 6) is 0.280. The average Bonchev–Trinajstić information content (AvgIpc) is 3.41. The third-order valence-electron chi connectivity index (χ3n) is 4.43. The van der Waals surface area contributed by atoms with Gasteiger partial charge in [0.15, 0.2) is 5.16 Å². The molecule has 0 aliphatic carbocycles. The predicted octanol–water partition coefficient (Wildman–Crippen LogP) is 3.67. The van der Waals surface area contributed by atoms with Gasteiger partial charge >= 0.3 is 5.97 Å². The molecule has 164 valence electrons. The van der Waals surface area contributed by atoms with Gasteiger partial charge in [0.1, 0.15) is 10.8 Å². The van der Waals surface area contributed by atoms with Crippen molar-refractivity contribution in [3.63, 3.8) is 0 Å². The molecule has 0 saturated heterocycles. The van der Waals surface area contributed by atoms with Crippen LogP contribution < -0.4 is 5.32 Å². The van der Waals surface area contributed by atoms with E-state index in [9.17, 15) is 9.59 Å². The molecule has 0 fully saturated rings. The number of carbonyl (C=O) groups excluding carboxylic acids is 2. The molecule has 1 amide bonds. The molecule has 31 heavy (non-hydrogen) atoms. The lowest BCUT2D eigenvalue weighted by Crippen LogP contribution is -2.16. The maximum absolute atomic E-state index is 12.5. The SMILES string of the molecule is C=CCn1c(Cc2cccn2C)nnc1SCC(=O)Nc1sc(C)cc1C(=O)OCC.